The van der Waals surface area contributed by atoms with E-state index in [0.717, 1.165) is 31.2 Å². The van der Waals surface area contributed by atoms with Crippen LogP contribution in [0.4, 0.5) is 0 Å². The fourth-order valence-corrected chi connectivity index (χ4v) is 1.93. The maximum Gasteiger partial charge on any atom is 0.153 e. The van der Waals surface area contributed by atoms with E-state index >= 15 is 0 Å². The van der Waals surface area contributed by atoms with Gasteiger partial charge in [0.05, 0.1) is 0 Å². The molecule has 1 aromatic rings. The first-order valence-corrected chi connectivity index (χ1v) is 5.52. The molecule has 0 saturated carbocycles. The molecule has 0 amide bonds. The highest BCUT2D eigenvalue weighted by molar-refractivity contribution is 4.98. The first kappa shape index (κ1) is 9.65. The summed E-state index contributed by atoms with van der Waals surface area (Å²) in [7, 11) is 0. The highest BCUT2D eigenvalue weighted by Crippen LogP contribution is 2.22. The number of aromatic amines is 1. The Morgan fingerprint density at radius 3 is 3.07 bits per heavy atom. The number of nitrogens with zero attached hydrogens (tertiary/aromatic N) is 2. The number of aryl methyl sites for hydroxylation is 1. The van der Waals surface area contributed by atoms with Crippen LogP contribution in [0.1, 0.15) is 43.8 Å². The third-order valence-corrected chi connectivity index (χ3v) is 2.82. The van der Waals surface area contributed by atoms with E-state index in [4.69, 9.17) is 0 Å². The number of H-pyrrole nitrogens is 1. The van der Waals surface area contributed by atoms with Crippen LogP contribution in [0.5, 0.6) is 0 Å². The van der Waals surface area contributed by atoms with E-state index in [1.54, 1.807) is 0 Å². The van der Waals surface area contributed by atoms with Crippen molar-refractivity contribution in [2.45, 2.75) is 38.5 Å². The van der Waals surface area contributed by atoms with Crippen molar-refractivity contribution in [1.82, 2.24) is 20.5 Å². The third kappa shape index (κ3) is 2.12. The summed E-state index contributed by atoms with van der Waals surface area (Å²) in [6.07, 6.45) is 4.56. The Kier molecular flexibility index (Phi) is 3.14. The van der Waals surface area contributed by atoms with E-state index < -0.39 is 0 Å². The van der Waals surface area contributed by atoms with Crippen LogP contribution < -0.4 is 5.32 Å². The zero-order valence-corrected chi connectivity index (χ0v) is 8.71. The number of nitrogens with one attached hydrogen (secondary N) is 2. The Balaban J connectivity index is 2.04. The largest absolute Gasteiger partial charge is 0.317 e. The molecule has 2 rings (SSSR count). The Labute approximate surface area is 84.5 Å². The summed E-state index contributed by atoms with van der Waals surface area (Å²) in [4.78, 5) is 4.50. The van der Waals surface area contributed by atoms with Gasteiger partial charge in [-0.25, -0.2) is 4.98 Å². The average molecular weight is 194 g/mol. The predicted octanol–water partition coefficient (Wildman–Crippen LogP) is 1.22. The highest BCUT2D eigenvalue weighted by Gasteiger charge is 2.17. The smallest absolute Gasteiger partial charge is 0.153 e. The SMILES string of the molecule is CCc1nc(C2CCCNCC2)n[nH]1. The molecule has 1 unspecified atom stereocenters. The summed E-state index contributed by atoms with van der Waals surface area (Å²) in [6.45, 7) is 4.33. The Morgan fingerprint density at radius 1 is 1.36 bits per heavy atom. The first-order valence-electron chi connectivity index (χ1n) is 5.52. The molecule has 2 heterocycles. The third-order valence-electron chi connectivity index (χ3n) is 2.82. The lowest BCUT2D eigenvalue weighted by molar-refractivity contribution is 0.577. The van der Waals surface area contributed by atoms with Crippen LogP contribution in [0.25, 0.3) is 0 Å². The van der Waals surface area contributed by atoms with Crippen LogP contribution in [-0.2, 0) is 6.42 Å². The standard InChI is InChI=1S/C10H18N4/c1-2-9-12-10(14-13-9)8-4-3-6-11-7-5-8/h8,11H,2-7H2,1H3,(H,12,13,14). The lowest BCUT2D eigenvalue weighted by Crippen LogP contribution is -2.14. The van der Waals surface area contributed by atoms with Gasteiger partial charge in [-0.15, -0.1) is 0 Å². The highest BCUT2D eigenvalue weighted by atomic mass is 15.2. The molecule has 2 N–H and O–H groups in total. The zero-order chi connectivity index (χ0) is 9.80. The van der Waals surface area contributed by atoms with Crippen LogP contribution in [0.3, 0.4) is 0 Å². The summed E-state index contributed by atoms with van der Waals surface area (Å²) >= 11 is 0. The Bertz CT molecular complexity index is 273. The van der Waals surface area contributed by atoms with Gasteiger partial charge in [0.15, 0.2) is 5.82 Å². The molecule has 0 aliphatic carbocycles. The quantitative estimate of drug-likeness (QED) is 0.744. The van der Waals surface area contributed by atoms with E-state index in [1.807, 2.05) is 0 Å². The summed E-state index contributed by atoms with van der Waals surface area (Å²) < 4.78 is 0. The van der Waals surface area contributed by atoms with Crippen LogP contribution in [0.2, 0.25) is 0 Å². The summed E-state index contributed by atoms with van der Waals surface area (Å²) in [5.74, 6) is 2.59. The van der Waals surface area contributed by atoms with Crippen molar-refractivity contribution >= 4 is 0 Å². The van der Waals surface area contributed by atoms with Gasteiger partial charge >= 0.3 is 0 Å². The van der Waals surface area contributed by atoms with Crippen molar-refractivity contribution < 1.29 is 0 Å². The molecule has 0 aromatic carbocycles. The van der Waals surface area contributed by atoms with Gasteiger partial charge < -0.3 is 5.32 Å². The van der Waals surface area contributed by atoms with Crippen molar-refractivity contribution in [3.8, 4) is 0 Å². The van der Waals surface area contributed by atoms with Crippen molar-refractivity contribution in [3.05, 3.63) is 11.6 Å². The van der Waals surface area contributed by atoms with Gasteiger partial charge in [0.2, 0.25) is 0 Å². The topological polar surface area (TPSA) is 53.6 Å². The molecule has 78 valence electrons. The van der Waals surface area contributed by atoms with Gasteiger partial charge in [-0.3, -0.25) is 5.10 Å². The van der Waals surface area contributed by atoms with Gasteiger partial charge in [-0.05, 0) is 32.4 Å². The van der Waals surface area contributed by atoms with Crippen molar-refractivity contribution in [1.29, 1.82) is 0 Å². The zero-order valence-electron chi connectivity index (χ0n) is 8.71. The fourth-order valence-electron chi connectivity index (χ4n) is 1.93. The van der Waals surface area contributed by atoms with Gasteiger partial charge in [0, 0.05) is 12.3 Å². The number of hydrogen-bond acceptors (Lipinski definition) is 3. The van der Waals surface area contributed by atoms with Crippen LogP contribution in [0, 0.1) is 0 Å². The van der Waals surface area contributed by atoms with Gasteiger partial charge in [0.25, 0.3) is 0 Å². The molecule has 1 fully saturated rings. The van der Waals surface area contributed by atoms with E-state index in [1.165, 1.54) is 19.3 Å². The molecule has 0 radical (unpaired) electrons. The monoisotopic (exact) mass is 194 g/mol. The van der Waals surface area contributed by atoms with Crippen molar-refractivity contribution in [2.75, 3.05) is 13.1 Å². The van der Waals surface area contributed by atoms with Crippen molar-refractivity contribution in [2.24, 2.45) is 0 Å². The van der Waals surface area contributed by atoms with Gasteiger partial charge in [0.1, 0.15) is 5.82 Å². The van der Waals surface area contributed by atoms with Crippen LogP contribution >= 0.6 is 0 Å². The molecule has 1 aromatic heterocycles. The Morgan fingerprint density at radius 2 is 2.29 bits per heavy atom. The molecule has 4 heteroatoms. The molecular weight excluding hydrogens is 176 g/mol. The number of aromatic nitrogens is 3. The molecule has 4 nitrogen and oxygen atoms in total. The molecule has 14 heavy (non-hydrogen) atoms. The van der Waals surface area contributed by atoms with E-state index in [9.17, 15) is 0 Å². The van der Waals surface area contributed by atoms with Crippen molar-refractivity contribution in [3.63, 3.8) is 0 Å². The second-order valence-corrected chi connectivity index (χ2v) is 3.87. The van der Waals surface area contributed by atoms with Crippen LogP contribution in [0.15, 0.2) is 0 Å². The summed E-state index contributed by atoms with van der Waals surface area (Å²) in [6, 6.07) is 0. The molecule has 1 saturated heterocycles. The second kappa shape index (κ2) is 4.55. The minimum absolute atomic E-state index is 0.557. The molecule has 0 bridgehead atoms. The first-order chi connectivity index (χ1) is 6.90. The maximum atomic E-state index is 4.50. The molecule has 1 atom stereocenters. The van der Waals surface area contributed by atoms with E-state index in [-0.39, 0.29) is 0 Å². The number of rotatable bonds is 2. The minimum atomic E-state index is 0.557. The summed E-state index contributed by atoms with van der Waals surface area (Å²) in [5.41, 5.74) is 0. The molecule has 1 aliphatic rings. The van der Waals surface area contributed by atoms with E-state index in [2.05, 4.69) is 27.4 Å². The van der Waals surface area contributed by atoms with Crippen LogP contribution in [-0.4, -0.2) is 28.3 Å². The lowest BCUT2D eigenvalue weighted by atomic mass is 10.0. The second-order valence-electron chi connectivity index (χ2n) is 3.87. The van der Waals surface area contributed by atoms with Gasteiger partial charge in [-0.1, -0.05) is 6.92 Å². The lowest BCUT2D eigenvalue weighted by Gasteiger charge is -2.07. The summed E-state index contributed by atoms with van der Waals surface area (Å²) in [5, 5.41) is 10.7. The molecular formula is C10H18N4. The predicted molar refractivity (Wildman–Crippen MR) is 55.2 cm³/mol. The fraction of sp³-hybridized carbons (Fsp3) is 0.800. The maximum absolute atomic E-state index is 4.50. The molecule has 1 aliphatic heterocycles. The Hall–Kier alpha value is -0.900. The normalized spacial score (nSPS) is 23.4. The average Bonchev–Trinajstić information content (AvgIpc) is 2.53. The van der Waals surface area contributed by atoms with E-state index in [0.29, 0.717) is 5.92 Å². The number of hydrogen-bond donors (Lipinski definition) is 2. The minimum Gasteiger partial charge on any atom is -0.317 e. The van der Waals surface area contributed by atoms with Gasteiger partial charge in [-0.2, -0.15) is 5.10 Å². The molecule has 0 spiro atoms.